The first kappa shape index (κ1) is 10.3. The summed E-state index contributed by atoms with van der Waals surface area (Å²) in [6.45, 7) is 3.63. The first-order chi connectivity index (χ1) is 6.59. The van der Waals surface area contributed by atoms with Crippen LogP contribution >= 0.6 is 0 Å². The zero-order valence-electron chi connectivity index (χ0n) is 8.38. The van der Waals surface area contributed by atoms with E-state index in [-0.39, 0.29) is 5.56 Å². The van der Waals surface area contributed by atoms with E-state index in [4.69, 9.17) is 0 Å². The summed E-state index contributed by atoms with van der Waals surface area (Å²) in [5, 5.41) is 6.25. The summed E-state index contributed by atoms with van der Waals surface area (Å²) < 4.78 is 1.64. The van der Waals surface area contributed by atoms with Crippen molar-refractivity contribution in [3.05, 3.63) is 22.1 Å². The Morgan fingerprint density at radius 3 is 2.29 bits per heavy atom. The number of amidine groups is 1. The van der Waals surface area contributed by atoms with Gasteiger partial charge in [-0.2, -0.15) is 0 Å². The first-order valence-electron chi connectivity index (χ1n) is 4.12. The number of aromatic amines is 1. The van der Waals surface area contributed by atoms with Crippen molar-refractivity contribution in [1.82, 2.24) is 26.3 Å². The number of hydrogen-bond acceptors (Lipinski definition) is 5. The molecule has 1 aliphatic rings. The standard InChI is InChI=1S/C5H8N2O.C2H6N4/c1-4-3-7(2)6-5(4)8;1-2-3-5-6-4-2/h3H,1-2H3,(H,6,8);5-6H,1H3,(H,3,4). The number of nitrogens with one attached hydrogen (secondary N) is 4. The number of nitrogens with zero attached hydrogens (tertiary/aromatic N) is 2. The summed E-state index contributed by atoms with van der Waals surface area (Å²) in [5.74, 6) is 0.856. The van der Waals surface area contributed by atoms with Crippen molar-refractivity contribution >= 4 is 5.84 Å². The third kappa shape index (κ3) is 2.94. The molecule has 0 atom stereocenters. The second kappa shape index (κ2) is 4.47. The molecule has 0 amide bonds. The zero-order valence-corrected chi connectivity index (χ0v) is 8.38. The number of hydrazine groups is 2. The summed E-state index contributed by atoms with van der Waals surface area (Å²) in [6, 6.07) is 0. The van der Waals surface area contributed by atoms with Gasteiger partial charge in [0.1, 0.15) is 5.84 Å². The fraction of sp³-hybridized carbons (Fsp3) is 0.429. The van der Waals surface area contributed by atoms with Gasteiger partial charge in [-0.25, -0.2) is 5.53 Å². The highest BCUT2D eigenvalue weighted by Gasteiger charge is 1.91. The van der Waals surface area contributed by atoms with Crippen LogP contribution in [0.15, 0.2) is 16.1 Å². The smallest absolute Gasteiger partial charge is 0.266 e. The van der Waals surface area contributed by atoms with Crippen LogP contribution in [0.5, 0.6) is 0 Å². The van der Waals surface area contributed by atoms with E-state index in [9.17, 15) is 4.79 Å². The van der Waals surface area contributed by atoms with Gasteiger partial charge in [-0.3, -0.25) is 20.0 Å². The highest BCUT2D eigenvalue weighted by Crippen LogP contribution is 1.80. The van der Waals surface area contributed by atoms with Crippen molar-refractivity contribution in [2.45, 2.75) is 13.8 Å². The van der Waals surface area contributed by atoms with Crippen LogP contribution in [-0.2, 0) is 7.05 Å². The highest BCUT2D eigenvalue weighted by atomic mass is 16.1. The van der Waals surface area contributed by atoms with Crippen LogP contribution in [0, 0.1) is 6.92 Å². The average Bonchev–Trinajstić information content (AvgIpc) is 2.65. The Balaban J connectivity index is 0.000000146. The molecule has 0 fully saturated rings. The first-order valence-corrected chi connectivity index (χ1v) is 4.12. The molecule has 0 radical (unpaired) electrons. The second-order valence-electron chi connectivity index (χ2n) is 2.92. The molecule has 1 aliphatic heterocycles. The van der Waals surface area contributed by atoms with Crippen LogP contribution in [0.3, 0.4) is 0 Å². The number of rotatable bonds is 0. The lowest BCUT2D eigenvalue weighted by Crippen LogP contribution is -2.33. The maximum absolute atomic E-state index is 10.6. The molecule has 1 aromatic rings. The monoisotopic (exact) mass is 198 g/mol. The number of H-pyrrole nitrogens is 1. The average molecular weight is 198 g/mol. The molecule has 0 saturated carbocycles. The molecule has 0 spiro atoms. The summed E-state index contributed by atoms with van der Waals surface area (Å²) in [5.41, 5.74) is 8.53. The lowest BCUT2D eigenvalue weighted by atomic mass is 10.4. The Labute approximate surface area is 81.1 Å². The van der Waals surface area contributed by atoms with E-state index in [1.54, 1.807) is 24.9 Å². The van der Waals surface area contributed by atoms with E-state index in [1.807, 2.05) is 6.92 Å². The topological polar surface area (TPSA) is 86.2 Å². The van der Waals surface area contributed by atoms with E-state index >= 15 is 0 Å². The van der Waals surface area contributed by atoms with Crippen molar-refractivity contribution in [2.75, 3.05) is 0 Å². The number of hydrazone groups is 1. The molecular formula is C7H14N6O. The molecule has 1 aromatic heterocycles. The molecule has 2 rings (SSSR count). The molecule has 0 aromatic carbocycles. The van der Waals surface area contributed by atoms with Crippen LogP contribution in [0.4, 0.5) is 0 Å². The summed E-state index contributed by atoms with van der Waals surface area (Å²) in [4.78, 5) is 10.6. The fourth-order valence-electron chi connectivity index (χ4n) is 0.888. The number of aryl methyl sites for hydroxylation is 2. The summed E-state index contributed by atoms with van der Waals surface area (Å²) in [6.07, 6.45) is 1.75. The van der Waals surface area contributed by atoms with E-state index < -0.39 is 0 Å². The third-order valence-electron chi connectivity index (χ3n) is 1.55. The maximum Gasteiger partial charge on any atom is 0.266 e. The van der Waals surface area contributed by atoms with Crippen LogP contribution < -0.4 is 22.1 Å². The molecule has 0 aliphatic carbocycles. The Morgan fingerprint density at radius 1 is 1.43 bits per heavy atom. The molecule has 0 saturated heterocycles. The molecule has 7 nitrogen and oxygen atoms in total. The normalized spacial score (nSPS) is 13.5. The quantitative estimate of drug-likeness (QED) is 0.428. The highest BCUT2D eigenvalue weighted by molar-refractivity contribution is 5.79. The van der Waals surface area contributed by atoms with Crippen molar-refractivity contribution in [3.8, 4) is 0 Å². The summed E-state index contributed by atoms with van der Waals surface area (Å²) >= 11 is 0. The predicted octanol–water partition coefficient (Wildman–Crippen LogP) is -1.05. The molecular weight excluding hydrogens is 184 g/mol. The zero-order chi connectivity index (χ0) is 10.6. The second-order valence-corrected chi connectivity index (χ2v) is 2.92. The fourth-order valence-corrected chi connectivity index (χ4v) is 0.888. The lowest BCUT2D eigenvalue weighted by Gasteiger charge is -1.87. The predicted molar refractivity (Wildman–Crippen MR) is 53.3 cm³/mol. The Morgan fingerprint density at radius 2 is 2.14 bits per heavy atom. The molecule has 0 bridgehead atoms. The van der Waals surface area contributed by atoms with Gasteiger partial charge >= 0.3 is 0 Å². The van der Waals surface area contributed by atoms with E-state index in [0.717, 1.165) is 11.4 Å². The van der Waals surface area contributed by atoms with Gasteiger partial charge in [0.2, 0.25) is 0 Å². The SMILES string of the molecule is CC1=NNNN1.Cc1cn(C)[nH]c1=O. The minimum absolute atomic E-state index is 0.00694. The van der Waals surface area contributed by atoms with Gasteiger partial charge < -0.3 is 0 Å². The largest absolute Gasteiger partial charge is 0.295 e. The molecule has 2 heterocycles. The van der Waals surface area contributed by atoms with Crippen molar-refractivity contribution in [1.29, 1.82) is 0 Å². The van der Waals surface area contributed by atoms with Gasteiger partial charge in [0.05, 0.1) is 0 Å². The summed E-state index contributed by atoms with van der Waals surface area (Å²) in [7, 11) is 1.79. The molecule has 4 N–H and O–H groups in total. The van der Waals surface area contributed by atoms with E-state index in [1.165, 1.54) is 0 Å². The van der Waals surface area contributed by atoms with Gasteiger partial charge in [0.25, 0.3) is 5.56 Å². The maximum atomic E-state index is 10.6. The minimum Gasteiger partial charge on any atom is -0.295 e. The molecule has 7 heteroatoms. The van der Waals surface area contributed by atoms with Crippen LogP contribution in [-0.4, -0.2) is 15.6 Å². The lowest BCUT2D eigenvalue weighted by molar-refractivity contribution is 0.577. The van der Waals surface area contributed by atoms with E-state index in [0.29, 0.717) is 0 Å². The Bertz CT molecular complexity index is 376. The molecule has 78 valence electrons. The minimum atomic E-state index is -0.00694. The Kier molecular flexibility index (Phi) is 3.29. The van der Waals surface area contributed by atoms with Gasteiger partial charge in [0, 0.05) is 18.8 Å². The number of hydrogen-bond donors (Lipinski definition) is 4. The molecule has 0 unspecified atom stereocenters. The van der Waals surface area contributed by atoms with Gasteiger partial charge in [0.15, 0.2) is 0 Å². The van der Waals surface area contributed by atoms with E-state index in [2.05, 4.69) is 26.7 Å². The van der Waals surface area contributed by atoms with Crippen LogP contribution in [0.1, 0.15) is 12.5 Å². The van der Waals surface area contributed by atoms with Gasteiger partial charge in [-0.1, -0.05) is 0 Å². The third-order valence-corrected chi connectivity index (χ3v) is 1.55. The van der Waals surface area contributed by atoms with Gasteiger partial charge in [-0.05, 0) is 13.8 Å². The Hall–Kier alpha value is -1.76. The van der Waals surface area contributed by atoms with Crippen molar-refractivity contribution < 1.29 is 0 Å². The van der Waals surface area contributed by atoms with Crippen LogP contribution in [0.2, 0.25) is 0 Å². The van der Waals surface area contributed by atoms with Crippen molar-refractivity contribution in [3.63, 3.8) is 0 Å². The van der Waals surface area contributed by atoms with Crippen molar-refractivity contribution in [2.24, 2.45) is 12.1 Å². The van der Waals surface area contributed by atoms with Crippen LogP contribution in [0.25, 0.3) is 0 Å². The molecule has 14 heavy (non-hydrogen) atoms. The number of aromatic nitrogens is 2. The van der Waals surface area contributed by atoms with Gasteiger partial charge in [-0.15, -0.1) is 10.6 Å².